The third-order valence-electron chi connectivity index (χ3n) is 5.12. The van der Waals surface area contributed by atoms with Crippen molar-refractivity contribution >= 4 is 33.8 Å². The maximum atomic E-state index is 12.0. The van der Waals surface area contributed by atoms with Crippen LogP contribution in [0.15, 0.2) is 71.5 Å². The second kappa shape index (κ2) is 7.42. The van der Waals surface area contributed by atoms with Gasteiger partial charge < -0.3 is 10.1 Å². The van der Waals surface area contributed by atoms with Gasteiger partial charge in [0.1, 0.15) is 0 Å². The van der Waals surface area contributed by atoms with E-state index in [1.807, 2.05) is 54.6 Å². The Hall–Kier alpha value is -4.46. The lowest BCUT2D eigenvalue weighted by atomic mass is 9.99. The molecular weight excluding hydrogens is 394 g/mol. The number of carbonyl (C=O) groups is 1. The van der Waals surface area contributed by atoms with E-state index in [2.05, 4.69) is 31.5 Å². The molecule has 0 radical (unpaired) electrons. The quantitative estimate of drug-likeness (QED) is 0.354. The van der Waals surface area contributed by atoms with Crippen LogP contribution in [0.25, 0.3) is 32.9 Å². The van der Waals surface area contributed by atoms with Crippen molar-refractivity contribution in [3.05, 3.63) is 88.3 Å². The normalized spacial score (nSPS) is 11.1. The first-order valence-electron chi connectivity index (χ1n) is 9.62. The molecule has 5 aromatic rings. The first-order chi connectivity index (χ1) is 15.1. The molecule has 31 heavy (non-hydrogen) atoms. The molecule has 1 amide bonds. The summed E-state index contributed by atoms with van der Waals surface area (Å²) in [5, 5.41) is 19.4. The molecular formula is C23H17N5O3. The Morgan fingerprint density at radius 1 is 0.968 bits per heavy atom. The van der Waals surface area contributed by atoms with Crippen LogP contribution in [0.1, 0.15) is 11.3 Å². The molecule has 0 fully saturated rings. The third-order valence-corrected chi connectivity index (χ3v) is 5.12. The van der Waals surface area contributed by atoms with E-state index in [9.17, 15) is 9.59 Å². The van der Waals surface area contributed by atoms with Gasteiger partial charge in [0, 0.05) is 11.8 Å². The minimum Gasteiger partial charge on any atom is -0.465 e. The summed E-state index contributed by atoms with van der Waals surface area (Å²) in [6.07, 6.45) is -0.599. The van der Waals surface area contributed by atoms with Crippen LogP contribution in [0.4, 0.5) is 10.7 Å². The van der Waals surface area contributed by atoms with Crippen LogP contribution in [0, 0.1) is 0 Å². The number of hydrogen-bond acceptors (Lipinski definition) is 4. The predicted octanol–water partition coefficient (Wildman–Crippen LogP) is 4.15. The molecule has 5 rings (SSSR count). The molecule has 0 aliphatic rings. The fourth-order valence-corrected chi connectivity index (χ4v) is 3.71. The van der Waals surface area contributed by atoms with E-state index in [1.54, 1.807) is 6.07 Å². The number of imidazole rings is 1. The Morgan fingerprint density at radius 3 is 2.61 bits per heavy atom. The van der Waals surface area contributed by atoms with Gasteiger partial charge in [0.25, 0.3) is 5.56 Å². The molecule has 0 aliphatic carbocycles. The van der Waals surface area contributed by atoms with Crippen molar-refractivity contribution in [2.45, 2.75) is 6.42 Å². The van der Waals surface area contributed by atoms with E-state index in [1.165, 1.54) is 0 Å². The molecule has 0 saturated carbocycles. The molecule has 152 valence electrons. The standard InChI is InChI=1S/C23H17N5O3/c29-21-17-7-2-1-6-16(17)19(27-28-21)11-13-4-3-5-14(10-13)15-8-9-18-20(12-15)25-22(24-18)26-23(30)31/h1-10,12H,11H2,(H,28,29)(H,30,31)(H2,24,25,26). The predicted molar refractivity (Wildman–Crippen MR) is 118 cm³/mol. The highest BCUT2D eigenvalue weighted by Crippen LogP contribution is 2.26. The number of aromatic amines is 2. The minimum atomic E-state index is -1.17. The maximum absolute atomic E-state index is 12.0. The number of benzene rings is 3. The first-order valence-corrected chi connectivity index (χ1v) is 9.62. The molecule has 0 aliphatic heterocycles. The van der Waals surface area contributed by atoms with Crippen molar-refractivity contribution in [3.63, 3.8) is 0 Å². The Morgan fingerprint density at radius 2 is 1.77 bits per heavy atom. The van der Waals surface area contributed by atoms with Crippen LogP contribution in [0.5, 0.6) is 0 Å². The third kappa shape index (κ3) is 3.62. The summed E-state index contributed by atoms with van der Waals surface area (Å²) in [5.41, 5.74) is 5.03. The van der Waals surface area contributed by atoms with E-state index in [0.717, 1.165) is 33.3 Å². The number of anilines is 1. The first kappa shape index (κ1) is 18.6. The average Bonchev–Trinajstić information content (AvgIpc) is 3.17. The number of fused-ring (bicyclic) bond motifs is 2. The molecule has 4 N–H and O–H groups in total. The second-order valence-corrected chi connectivity index (χ2v) is 7.17. The van der Waals surface area contributed by atoms with Gasteiger partial charge in [-0.05, 0) is 34.9 Å². The average molecular weight is 411 g/mol. The molecule has 0 bridgehead atoms. The van der Waals surface area contributed by atoms with Gasteiger partial charge in [-0.3, -0.25) is 10.1 Å². The number of hydrogen-bond donors (Lipinski definition) is 4. The summed E-state index contributed by atoms with van der Waals surface area (Å²) >= 11 is 0. The van der Waals surface area contributed by atoms with Crippen molar-refractivity contribution in [2.75, 3.05) is 5.32 Å². The van der Waals surface area contributed by atoms with Crippen molar-refractivity contribution in [2.24, 2.45) is 0 Å². The zero-order valence-corrected chi connectivity index (χ0v) is 16.2. The number of nitrogens with zero attached hydrogens (tertiary/aromatic N) is 2. The Kier molecular flexibility index (Phi) is 4.44. The summed E-state index contributed by atoms with van der Waals surface area (Å²) < 4.78 is 0. The molecule has 2 aromatic heterocycles. The molecule has 8 heteroatoms. The molecule has 2 heterocycles. The minimum absolute atomic E-state index is 0.185. The lowest BCUT2D eigenvalue weighted by Crippen LogP contribution is -2.11. The maximum Gasteiger partial charge on any atom is 0.411 e. The van der Waals surface area contributed by atoms with E-state index >= 15 is 0 Å². The summed E-state index contributed by atoms with van der Waals surface area (Å²) in [6.45, 7) is 0. The lowest BCUT2D eigenvalue weighted by molar-refractivity contribution is 0.209. The van der Waals surface area contributed by atoms with E-state index in [4.69, 9.17) is 5.11 Å². The number of nitrogens with one attached hydrogen (secondary N) is 3. The number of rotatable bonds is 4. The number of aromatic nitrogens is 4. The van der Waals surface area contributed by atoms with Gasteiger partial charge in [0.2, 0.25) is 5.95 Å². The number of H-pyrrole nitrogens is 2. The monoisotopic (exact) mass is 411 g/mol. The van der Waals surface area contributed by atoms with Crippen molar-refractivity contribution < 1.29 is 9.90 Å². The lowest BCUT2D eigenvalue weighted by Gasteiger charge is -2.08. The van der Waals surface area contributed by atoms with E-state index in [0.29, 0.717) is 17.3 Å². The summed E-state index contributed by atoms with van der Waals surface area (Å²) in [6, 6.07) is 21.3. The Labute approximate surface area is 175 Å². The Bertz CT molecular complexity index is 1500. The molecule has 0 unspecified atom stereocenters. The Balaban J connectivity index is 1.49. The van der Waals surface area contributed by atoms with Gasteiger partial charge in [-0.15, -0.1) is 0 Å². The molecule has 0 saturated heterocycles. The largest absolute Gasteiger partial charge is 0.465 e. The van der Waals surface area contributed by atoms with Crippen molar-refractivity contribution in [1.29, 1.82) is 0 Å². The van der Waals surface area contributed by atoms with Crippen molar-refractivity contribution in [3.8, 4) is 11.1 Å². The van der Waals surface area contributed by atoms with Gasteiger partial charge >= 0.3 is 6.09 Å². The zero-order valence-electron chi connectivity index (χ0n) is 16.2. The summed E-state index contributed by atoms with van der Waals surface area (Å²) in [4.78, 5) is 30.1. The number of amides is 1. The summed E-state index contributed by atoms with van der Waals surface area (Å²) in [7, 11) is 0. The molecule has 8 nitrogen and oxygen atoms in total. The molecule has 0 atom stereocenters. The van der Waals surface area contributed by atoms with Gasteiger partial charge in [-0.25, -0.2) is 14.9 Å². The van der Waals surface area contributed by atoms with E-state index in [-0.39, 0.29) is 11.5 Å². The van der Waals surface area contributed by atoms with Crippen LogP contribution in [-0.2, 0) is 6.42 Å². The fraction of sp³-hybridized carbons (Fsp3) is 0.0435. The van der Waals surface area contributed by atoms with Crippen molar-refractivity contribution in [1.82, 2.24) is 20.2 Å². The highest BCUT2D eigenvalue weighted by Gasteiger charge is 2.10. The van der Waals surface area contributed by atoms with Gasteiger partial charge in [-0.1, -0.05) is 48.5 Å². The van der Waals surface area contributed by atoms with Crippen LogP contribution in [-0.4, -0.2) is 31.4 Å². The highest BCUT2D eigenvalue weighted by molar-refractivity contribution is 5.87. The smallest absolute Gasteiger partial charge is 0.411 e. The zero-order chi connectivity index (χ0) is 21.4. The van der Waals surface area contributed by atoms with E-state index < -0.39 is 6.09 Å². The molecule has 3 aromatic carbocycles. The van der Waals surface area contributed by atoms with Gasteiger partial charge in [-0.2, -0.15) is 5.10 Å². The second-order valence-electron chi connectivity index (χ2n) is 7.17. The fourth-order valence-electron chi connectivity index (χ4n) is 3.71. The van der Waals surface area contributed by atoms with Crippen LogP contribution >= 0.6 is 0 Å². The van der Waals surface area contributed by atoms with Crippen LogP contribution < -0.4 is 10.9 Å². The topological polar surface area (TPSA) is 124 Å². The summed E-state index contributed by atoms with van der Waals surface area (Å²) in [5.74, 6) is 0.185. The van der Waals surface area contributed by atoms with Crippen LogP contribution in [0.3, 0.4) is 0 Å². The van der Waals surface area contributed by atoms with Gasteiger partial charge in [0.15, 0.2) is 0 Å². The number of carboxylic acid groups (broad SMARTS) is 1. The molecule has 0 spiro atoms. The highest BCUT2D eigenvalue weighted by atomic mass is 16.4. The SMILES string of the molecule is O=C(O)Nc1nc2cc(-c3cccc(Cc4n[nH]c(=O)c5ccccc45)c3)ccc2[nH]1. The van der Waals surface area contributed by atoms with Gasteiger partial charge in [0.05, 0.1) is 22.1 Å². The van der Waals surface area contributed by atoms with Crippen LogP contribution in [0.2, 0.25) is 0 Å².